The molecule has 0 spiro atoms. The lowest BCUT2D eigenvalue weighted by atomic mass is 9.70. The number of para-hydroxylation sites is 1. The standard InChI is InChI=1S/C25H30N4OS/c1-25(2,3)17-8-9-21-19(16-17)22(18-6-4-5-7-20(18)27-21)23(30)28-11-13-29(14-12-28)24-26-10-15-31-24/h4-7,10,15,17H,8-9,11-14,16H2,1-3H3. The quantitative estimate of drug-likeness (QED) is 0.581. The Morgan fingerprint density at radius 3 is 2.61 bits per heavy atom. The fourth-order valence-electron chi connectivity index (χ4n) is 5.00. The number of fused-ring (bicyclic) bond motifs is 2. The Kier molecular flexibility index (Phi) is 5.21. The third-order valence-electron chi connectivity index (χ3n) is 6.95. The number of pyridine rings is 1. The molecule has 162 valence electrons. The number of piperazine rings is 1. The van der Waals surface area contributed by atoms with E-state index in [4.69, 9.17) is 4.98 Å². The number of aryl methyl sites for hydroxylation is 1. The summed E-state index contributed by atoms with van der Waals surface area (Å²) in [6.45, 7) is 10.1. The Morgan fingerprint density at radius 1 is 1.13 bits per heavy atom. The van der Waals surface area contributed by atoms with Gasteiger partial charge < -0.3 is 9.80 Å². The lowest BCUT2D eigenvalue weighted by Crippen LogP contribution is -2.49. The molecule has 1 fully saturated rings. The zero-order valence-corrected chi connectivity index (χ0v) is 19.4. The van der Waals surface area contributed by atoms with Gasteiger partial charge in [-0.15, -0.1) is 11.3 Å². The highest BCUT2D eigenvalue weighted by atomic mass is 32.1. The van der Waals surface area contributed by atoms with Gasteiger partial charge in [-0.05, 0) is 42.2 Å². The van der Waals surface area contributed by atoms with Crippen LogP contribution in [0.5, 0.6) is 0 Å². The van der Waals surface area contributed by atoms with Gasteiger partial charge in [-0.3, -0.25) is 9.78 Å². The van der Waals surface area contributed by atoms with Gasteiger partial charge >= 0.3 is 0 Å². The van der Waals surface area contributed by atoms with Crippen molar-refractivity contribution in [1.29, 1.82) is 0 Å². The van der Waals surface area contributed by atoms with E-state index in [0.717, 1.165) is 72.7 Å². The van der Waals surface area contributed by atoms with Crippen LogP contribution < -0.4 is 4.90 Å². The molecule has 3 aromatic rings. The maximum atomic E-state index is 13.9. The second-order valence-electron chi connectivity index (χ2n) is 9.83. The van der Waals surface area contributed by atoms with E-state index in [1.54, 1.807) is 11.3 Å². The van der Waals surface area contributed by atoms with Gasteiger partial charge in [0.1, 0.15) is 0 Å². The van der Waals surface area contributed by atoms with Crippen LogP contribution in [0.25, 0.3) is 10.9 Å². The first-order valence-electron chi connectivity index (χ1n) is 11.3. The molecule has 0 bridgehead atoms. The minimum atomic E-state index is 0.170. The van der Waals surface area contributed by atoms with Crippen LogP contribution in [0.2, 0.25) is 0 Å². The fourth-order valence-corrected chi connectivity index (χ4v) is 5.70. The first-order chi connectivity index (χ1) is 14.9. The van der Waals surface area contributed by atoms with E-state index < -0.39 is 0 Å². The molecule has 2 aliphatic rings. The zero-order valence-electron chi connectivity index (χ0n) is 18.6. The van der Waals surface area contributed by atoms with Crippen molar-refractivity contribution in [2.24, 2.45) is 11.3 Å². The number of aromatic nitrogens is 2. The summed E-state index contributed by atoms with van der Waals surface area (Å²) in [5.74, 6) is 0.736. The molecule has 0 saturated carbocycles. The summed E-state index contributed by atoms with van der Waals surface area (Å²) < 4.78 is 0. The lowest BCUT2D eigenvalue weighted by molar-refractivity contribution is 0.0746. The number of carbonyl (C=O) groups is 1. The van der Waals surface area contributed by atoms with Crippen molar-refractivity contribution in [2.45, 2.75) is 40.0 Å². The van der Waals surface area contributed by atoms with Crippen molar-refractivity contribution < 1.29 is 4.79 Å². The van der Waals surface area contributed by atoms with E-state index in [2.05, 4.69) is 36.7 Å². The summed E-state index contributed by atoms with van der Waals surface area (Å²) in [6, 6.07) is 8.16. The Balaban J connectivity index is 1.49. The van der Waals surface area contributed by atoms with E-state index in [1.807, 2.05) is 34.7 Å². The Morgan fingerprint density at radius 2 is 1.90 bits per heavy atom. The van der Waals surface area contributed by atoms with Crippen LogP contribution in [0.15, 0.2) is 35.8 Å². The molecule has 31 heavy (non-hydrogen) atoms. The van der Waals surface area contributed by atoms with Crippen molar-refractivity contribution in [3.8, 4) is 0 Å². The summed E-state index contributed by atoms with van der Waals surface area (Å²) in [5.41, 5.74) is 4.39. The molecule has 1 aromatic carbocycles. The van der Waals surface area contributed by atoms with E-state index in [-0.39, 0.29) is 11.3 Å². The number of benzene rings is 1. The summed E-state index contributed by atoms with van der Waals surface area (Å²) in [6.07, 6.45) is 4.89. The molecule has 1 aliphatic heterocycles. The molecule has 0 radical (unpaired) electrons. The van der Waals surface area contributed by atoms with Gasteiger partial charge in [0, 0.05) is 48.8 Å². The molecule has 3 heterocycles. The summed E-state index contributed by atoms with van der Waals surface area (Å²) in [7, 11) is 0. The molecule has 2 aromatic heterocycles. The van der Waals surface area contributed by atoms with E-state index in [1.165, 1.54) is 5.56 Å². The maximum Gasteiger partial charge on any atom is 0.255 e. The van der Waals surface area contributed by atoms with Crippen molar-refractivity contribution in [1.82, 2.24) is 14.9 Å². The smallest absolute Gasteiger partial charge is 0.255 e. The lowest BCUT2D eigenvalue weighted by Gasteiger charge is -2.37. The highest BCUT2D eigenvalue weighted by molar-refractivity contribution is 7.13. The average Bonchev–Trinajstić information content (AvgIpc) is 3.31. The van der Waals surface area contributed by atoms with Gasteiger partial charge in [0.05, 0.1) is 11.1 Å². The van der Waals surface area contributed by atoms with E-state index >= 15 is 0 Å². The number of hydrogen-bond donors (Lipinski definition) is 0. The second-order valence-corrected chi connectivity index (χ2v) is 10.7. The Labute approximate surface area is 188 Å². The number of thiazole rings is 1. The molecule has 1 unspecified atom stereocenters. The minimum Gasteiger partial charge on any atom is -0.345 e. The van der Waals surface area contributed by atoms with Crippen LogP contribution in [0.4, 0.5) is 5.13 Å². The number of anilines is 1. The van der Waals surface area contributed by atoms with Crippen LogP contribution in [-0.4, -0.2) is 47.0 Å². The molecule has 1 amide bonds. The average molecular weight is 435 g/mol. The number of rotatable bonds is 2. The van der Waals surface area contributed by atoms with Gasteiger partial charge in [0.2, 0.25) is 0 Å². The predicted molar refractivity (Wildman–Crippen MR) is 127 cm³/mol. The highest BCUT2D eigenvalue weighted by Gasteiger charge is 2.34. The summed E-state index contributed by atoms with van der Waals surface area (Å²) in [5, 5.41) is 4.06. The topological polar surface area (TPSA) is 49.3 Å². The van der Waals surface area contributed by atoms with Gasteiger partial charge in [0.25, 0.3) is 5.91 Å². The number of nitrogens with zero attached hydrogens (tertiary/aromatic N) is 4. The first-order valence-corrected chi connectivity index (χ1v) is 12.1. The summed E-state index contributed by atoms with van der Waals surface area (Å²) >= 11 is 1.66. The monoisotopic (exact) mass is 434 g/mol. The van der Waals surface area contributed by atoms with Crippen molar-refractivity contribution >= 4 is 33.3 Å². The fraction of sp³-hybridized carbons (Fsp3) is 0.480. The summed E-state index contributed by atoms with van der Waals surface area (Å²) in [4.78, 5) is 27.6. The van der Waals surface area contributed by atoms with Crippen molar-refractivity contribution in [3.63, 3.8) is 0 Å². The highest BCUT2D eigenvalue weighted by Crippen LogP contribution is 2.39. The molecule has 1 aliphatic carbocycles. The van der Waals surface area contributed by atoms with Gasteiger partial charge in [-0.1, -0.05) is 39.0 Å². The van der Waals surface area contributed by atoms with Crippen LogP contribution in [0, 0.1) is 11.3 Å². The molecule has 1 saturated heterocycles. The molecule has 5 nitrogen and oxygen atoms in total. The predicted octanol–water partition coefficient (Wildman–Crippen LogP) is 4.80. The maximum absolute atomic E-state index is 13.9. The zero-order chi connectivity index (χ0) is 21.6. The number of hydrogen-bond acceptors (Lipinski definition) is 5. The van der Waals surface area contributed by atoms with Gasteiger partial charge in [0.15, 0.2) is 5.13 Å². The Hall–Kier alpha value is -2.47. The first kappa shape index (κ1) is 20.4. The molecular formula is C25H30N4OS. The van der Waals surface area contributed by atoms with Crippen LogP contribution in [0.1, 0.15) is 48.8 Å². The molecule has 1 atom stereocenters. The molecule has 5 rings (SSSR count). The van der Waals surface area contributed by atoms with Crippen LogP contribution in [0.3, 0.4) is 0 Å². The largest absolute Gasteiger partial charge is 0.345 e. The number of amides is 1. The van der Waals surface area contributed by atoms with Gasteiger partial charge in [-0.25, -0.2) is 4.98 Å². The number of carbonyl (C=O) groups excluding carboxylic acids is 1. The van der Waals surface area contributed by atoms with Crippen LogP contribution in [-0.2, 0) is 12.8 Å². The third-order valence-corrected chi connectivity index (χ3v) is 7.79. The van der Waals surface area contributed by atoms with Crippen LogP contribution >= 0.6 is 11.3 Å². The SMILES string of the molecule is CC(C)(C)C1CCc2nc3ccccc3c(C(=O)N3CCN(c4nccs4)CC3)c2C1. The van der Waals surface area contributed by atoms with Crippen molar-refractivity contribution in [2.75, 3.05) is 31.1 Å². The molecule has 0 N–H and O–H groups in total. The normalized spacial score (nSPS) is 19.5. The third kappa shape index (κ3) is 3.82. The Bertz CT molecular complexity index is 1090. The molecular weight excluding hydrogens is 404 g/mol. The van der Waals surface area contributed by atoms with E-state index in [9.17, 15) is 4.79 Å². The molecule has 6 heteroatoms. The van der Waals surface area contributed by atoms with E-state index in [0.29, 0.717) is 5.92 Å². The minimum absolute atomic E-state index is 0.170. The van der Waals surface area contributed by atoms with Crippen molar-refractivity contribution in [3.05, 3.63) is 52.7 Å². The van der Waals surface area contributed by atoms with Gasteiger partial charge in [-0.2, -0.15) is 0 Å². The second kappa shape index (κ2) is 7.90.